The first-order valence-electron chi connectivity index (χ1n) is 9.90. The normalized spacial score (nSPS) is 11.9. The number of aromatic nitrogens is 4. The van der Waals surface area contributed by atoms with Gasteiger partial charge >= 0.3 is 0 Å². The van der Waals surface area contributed by atoms with Crippen LogP contribution in [0.1, 0.15) is 17.2 Å². The molecule has 3 aromatic carbocycles. The molecule has 0 saturated heterocycles. The summed E-state index contributed by atoms with van der Waals surface area (Å²) < 4.78 is 2.10. The molecule has 144 valence electrons. The van der Waals surface area contributed by atoms with E-state index in [2.05, 4.69) is 45.9 Å². The van der Waals surface area contributed by atoms with Crippen molar-refractivity contribution in [2.75, 3.05) is 0 Å². The molecule has 0 radical (unpaired) electrons. The van der Waals surface area contributed by atoms with E-state index >= 15 is 0 Å². The molecule has 30 heavy (non-hydrogen) atoms. The molecule has 0 aliphatic carbocycles. The van der Waals surface area contributed by atoms with E-state index in [1.165, 1.54) is 0 Å². The van der Waals surface area contributed by atoms with Crippen molar-refractivity contribution in [2.45, 2.75) is 6.04 Å². The summed E-state index contributed by atoms with van der Waals surface area (Å²) in [5, 5.41) is 0. The molecule has 5 aromatic rings. The van der Waals surface area contributed by atoms with Gasteiger partial charge in [0.25, 0.3) is 0 Å². The van der Waals surface area contributed by atoms with Crippen LogP contribution in [0.15, 0.2) is 116 Å². The molecule has 0 spiro atoms. The molecule has 5 rings (SSSR count). The molecule has 0 bridgehead atoms. The summed E-state index contributed by atoms with van der Waals surface area (Å²) in [7, 11) is 0. The minimum absolute atomic E-state index is 0.0753. The summed E-state index contributed by atoms with van der Waals surface area (Å²) >= 11 is 0. The summed E-state index contributed by atoms with van der Waals surface area (Å²) in [5.74, 6) is 0.718. The Morgan fingerprint density at radius 1 is 0.700 bits per heavy atom. The zero-order valence-electron chi connectivity index (χ0n) is 16.3. The molecule has 1 atom stereocenters. The third kappa shape index (κ3) is 3.51. The summed E-state index contributed by atoms with van der Waals surface area (Å²) in [4.78, 5) is 14.1. The standard InChI is InChI=1S/C26H20N4/c1-4-10-20(11-5-1)24-23(18-28-26(29-24)22-14-8-3-9-15-22)25(30-17-16-27-19-30)21-12-6-2-7-13-21/h1-19,25H. The van der Waals surface area contributed by atoms with E-state index in [0.29, 0.717) is 0 Å². The molecular weight excluding hydrogens is 368 g/mol. The molecule has 2 heterocycles. The second-order valence-electron chi connectivity index (χ2n) is 7.05. The van der Waals surface area contributed by atoms with Crippen LogP contribution in [-0.2, 0) is 0 Å². The van der Waals surface area contributed by atoms with E-state index in [1.807, 2.05) is 73.3 Å². The van der Waals surface area contributed by atoms with Crippen LogP contribution in [-0.4, -0.2) is 19.5 Å². The average Bonchev–Trinajstić information content (AvgIpc) is 3.36. The summed E-state index contributed by atoms with van der Waals surface area (Å²) in [6.45, 7) is 0. The Hall–Kier alpha value is -4.05. The smallest absolute Gasteiger partial charge is 0.159 e. The maximum atomic E-state index is 5.02. The van der Waals surface area contributed by atoms with Crippen molar-refractivity contribution in [3.63, 3.8) is 0 Å². The Morgan fingerprint density at radius 3 is 1.97 bits per heavy atom. The van der Waals surface area contributed by atoms with Gasteiger partial charge in [-0.2, -0.15) is 0 Å². The van der Waals surface area contributed by atoms with Crippen LogP contribution in [0.2, 0.25) is 0 Å². The van der Waals surface area contributed by atoms with Gasteiger partial charge in [-0.3, -0.25) is 0 Å². The number of hydrogen-bond donors (Lipinski definition) is 0. The van der Waals surface area contributed by atoms with Gasteiger partial charge in [-0.25, -0.2) is 15.0 Å². The molecular formula is C26H20N4. The lowest BCUT2D eigenvalue weighted by molar-refractivity contribution is 0.672. The first-order valence-corrected chi connectivity index (χ1v) is 9.90. The molecule has 0 saturated carbocycles. The summed E-state index contributed by atoms with van der Waals surface area (Å²) in [5.41, 5.74) is 5.18. The van der Waals surface area contributed by atoms with Crippen LogP contribution in [0.25, 0.3) is 22.6 Å². The molecule has 1 unspecified atom stereocenters. The van der Waals surface area contributed by atoms with Crippen LogP contribution in [0.4, 0.5) is 0 Å². The van der Waals surface area contributed by atoms with Gasteiger partial charge in [0.1, 0.15) is 0 Å². The molecule has 4 nitrogen and oxygen atoms in total. The van der Waals surface area contributed by atoms with E-state index in [4.69, 9.17) is 9.97 Å². The third-order valence-corrected chi connectivity index (χ3v) is 5.13. The van der Waals surface area contributed by atoms with Gasteiger partial charge in [-0.15, -0.1) is 0 Å². The highest BCUT2D eigenvalue weighted by molar-refractivity contribution is 5.68. The lowest BCUT2D eigenvalue weighted by atomic mass is 9.95. The second kappa shape index (κ2) is 8.13. The van der Waals surface area contributed by atoms with Gasteiger partial charge < -0.3 is 4.57 Å². The van der Waals surface area contributed by atoms with Crippen molar-refractivity contribution < 1.29 is 0 Å². The molecule has 2 aromatic heterocycles. The predicted octanol–water partition coefficient (Wildman–Crippen LogP) is 5.64. The summed E-state index contributed by atoms with van der Waals surface area (Å²) in [6.07, 6.45) is 7.59. The fraction of sp³-hybridized carbons (Fsp3) is 0.0385. The van der Waals surface area contributed by atoms with Crippen LogP contribution in [0.5, 0.6) is 0 Å². The number of hydrogen-bond acceptors (Lipinski definition) is 3. The Labute approximate surface area is 175 Å². The van der Waals surface area contributed by atoms with Gasteiger partial charge in [-0.05, 0) is 5.56 Å². The predicted molar refractivity (Wildman–Crippen MR) is 119 cm³/mol. The van der Waals surface area contributed by atoms with Crippen LogP contribution in [0.3, 0.4) is 0 Å². The molecule has 4 heteroatoms. The van der Waals surface area contributed by atoms with Crippen molar-refractivity contribution in [1.29, 1.82) is 0 Å². The topological polar surface area (TPSA) is 43.6 Å². The lowest BCUT2D eigenvalue weighted by Crippen LogP contribution is -2.13. The van der Waals surface area contributed by atoms with Gasteiger partial charge in [0.2, 0.25) is 0 Å². The first kappa shape index (κ1) is 18.0. The number of nitrogens with zero attached hydrogens (tertiary/aromatic N) is 4. The van der Waals surface area contributed by atoms with E-state index in [9.17, 15) is 0 Å². The zero-order valence-corrected chi connectivity index (χ0v) is 16.3. The fourth-order valence-corrected chi connectivity index (χ4v) is 3.71. The van der Waals surface area contributed by atoms with Crippen molar-refractivity contribution in [2.24, 2.45) is 0 Å². The molecule has 0 amide bonds. The van der Waals surface area contributed by atoms with Gasteiger partial charge in [-0.1, -0.05) is 91.0 Å². The number of benzene rings is 3. The van der Waals surface area contributed by atoms with E-state index in [1.54, 1.807) is 6.20 Å². The Kier molecular flexibility index (Phi) is 4.88. The van der Waals surface area contributed by atoms with Crippen LogP contribution in [0, 0.1) is 0 Å². The van der Waals surface area contributed by atoms with Crippen molar-refractivity contribution in [1.82, 2.24) is 19.5 Å². The molecule has 0 aliphatic rings. The first-order chi connectivity index (χ1) is 14.9. The van der Waals surface area contributed by atoms with Crippen molar-refractivity contribution in [3.8, 4) is 22.6 Å². The Balaban J connectivity index is 1.74. The monoisotopic (exact) mass is 388 g/mol. The maximum Gasteiger partial charge on any atom is 0.159 e. The SMILES string of the molecule is c1ccc(-c2ncc(C(c3ccccc3)n3ccnc3)c(-c3ccccc3)n2)cc1. The second-order valence-corrected chi connectivity index (χ2v) is 7.05. The number of rotatable bonds is 5. The number of imidazole rings is 1. The van der Waals surface area contributed by atoms with Crippen LogP contribution < -0.4 is 0 Å². The Morgan fingerprint density at radius 2 is 1.33 bits per heavy atom. The highest BCUT2D eigenvalue weighted by Crippen LogP contribution is 2.34. The average molecular weight is 388 g/mol. The fourth-order valence-electron chi connectivity index (χ4n) is 3.71. The van der Waals surface area contributed by atoms with Gasteiger partial charge in [0.05, 0.1) is 18.1 Å². The quantitative estimate of drug-likeness (QED) is 0.391. The van der Waals surface area contributed by atoms with Crippen molar-refractivity contribution >= 4 is 0 Å². The minimum atomic E-state index is -0.0753. The lowest BCUT2D eigenvalue weighted by Gasteiger charge is -2.22. The van der Waals surface area contributed by atoms with Gasteiger partial charge in [0, 0.05) is 35.3 Å². The molecule has 0 N–H and O–H groups in total. The molecule has 0 fully saturated rings. The van der Waals surface area contributed by atoms with E-state index < -0.39 is 0 Å². The minimum Gasteiger partial charge on any atom is -0.326 e. The zero-order chi connectivity index (χ0) is 20.2. The molecule has 0 aliphatic heterocycles. The van der Waals surface area contributed by atoms with E-state index in [-0.39, 0.29) is 6.04 Å². The highest BCUT2D eigenvalue weighted by Gasteiger charge is 2.22. The summed E-state index contributed by atoms with van der Waals surface area (Å²) in [6, 6.07) is 30.7. The van der Waals surface area contributed by atoms with Gasteiger partial charge in [0.15, 0.2) is 5.82 Å². The van der Waals surface area contributed by atoms with Crippen molar-refractivity contribution in [3.05, 3.63) is 127 Å². The Bertz CT molecular complexity index is 1220. The maximum absolute atomic E-state index is 5.02. The largest absolute Gasteiger partial charge is 0.326 e. The highest BCUT2D eigenvalue weighted by atomic mass is 15.1. The van der Waals surface area contributed by atoms with Crippen LogP contribution >= 0.6 is 0 Å². The van der Waals surface area contributed by atoms with E-state index in [0.717, 1.165) is 33.8 Å². The third-order valence-electron chi connectivity index (χ3n) is 5.13.